The van der Waals surface area contributed by atoms with E-state index in [4.69, 9.17) is 5.73 Å². The zero-order chi connectivity index (χ0) is 11.6. The molecule has 2 N–H and O–H groups in total. The molecule has 0 saturated heterocycles. The predicted molar refractivity (Wildman–Crippen MR) is 63.9 cm³/mol. The molecule has 0 aromatic heterocycles. The molecule has 0 aromatic rings. The molecule has 0 aliphatic heterocycles. The van der Waals surface area contributed by atoms with E-state index in [0.717, 1.165) is 37.0 Å². The van der Waals surface area contributed by atoms with Crippen molar-refractivity contribution in [1.29, 1.82) is 0 Å². The third kappa shape index (κ3) is 1.46. The van der Waals surface area contributed by atoms with E-state index in [1.54, 1.807) is 0 Å². The molecule has 4 saturated carbocycles. The Morgan fingerprint density at radius 2 is 1.44 bits per heavy atom. The summed E-state index contributed by atoms with van der Waals surface area (Å²) in [6.07, 6.45) is 7.57. The molecule has 0 radical (unpaired) electrons. The molecule has 4 aliphatic carbocycles. The van der Waals surface area contributed by atoms with Crippen molar-refractivity contribution >= 4 is 5.78 Å². The summed E-state index contributed by atoms with van der Waals surface area (Å²) in [4.78, 5) is 12.6. The second-order valence-corrected chi connectivity index (χ2v) is 7.25. The van der Waals surface area contributed by atoms with Gasteiger partial charge in [0.1, 0.15) is 0 Å². The minimum Gasteiger partial charge on any atom is -0.319 e. The normalized spacial score (nSPS) is 46.1. The van der Waals surface area contributed by atoms with Crippen LogP contribution in [-0.2, 0) is 4.79 Å². The quantitative estimate of drug-likeness (QED) is 0.778. The fourth-order valence-electron chi connectivity index (χ4n) is 5.07. The molecular formula is C14H23NO. The molecule has 4 aliphatic rings. The van der Waals surface area contributed by atoms with Gasteiger partial charge in [-0.25, -0.2) is 0 Å². The van der Waals surface area contributed by atoms with E-state index in [1.165, 1.54) is 19.3 Å². The summed E-state index contributed by atoms with van der Waals surface area (Å²) in [6, 6.07) is 0. The van der Waals surface area contributed by atoms with Crippen molar-refractivity contribution in [3.63, 3.8) is 0 Å². The lowest BCUT2D eigenvalue weighted by Gasteiger charge is -2.57. The lowest BCUT2D eigenvalue weighted by Crippen LogP contribution is -2.57. The Balaban J connectivity index is 1.91. The molecule has 0 heterocycles. The molecule has 4 rings (SSSR count). The minimum atomic E-state index is -0.633. The number of carbonyl (C=O) groups excluding carboxylic acids is 1. The first kappa shape index (κ1) is 10.8. The van der Waals surface area contributed by atoms with Gasteiger partial charge < -0.3 is 5.73 Å². The summed E-state index contributed by atoms with van der Waals surface area (Å²) in [6.45, 7) is 3.77. The van der Waals surface area contributed by atoms with E-state index < -0.39 is 5.54 Å². The van der Waals surface area contributed by atoms with Gasteiger partial charge in [-0.3, -0.25) is 4.79 Å². The van der Waals surface area contributed by atoms with E-state index in [2.05, 4.69) is 0 Å². The Labute approximate surface area is 98.0 Å². The van der Waals surface area contributed by atoms with Crippen LogP contribution in [0.25, 0.3) is 0 Å². The van der Waals surface area contributed by atoms with Gasteiger partial charge in [0.2, 0.25) is 0 Å². The van der Waals surface area contributed by atoms with Crippen molar-refractivity contribution in [1.82, 2.24) is 0 Å². The van der Waals surface area contributed by atoms with Gasteiger partial charge in [-0.05, 0) is 70.1 Å². The highest BCUT2D eigenvalue weighted by Crippen LogP contribution is 2.60. The second kappa shape index (κ2) is 3.10. The molecule has 90 valence electrons. The number of rotatable bonds is 2. The highest BCUT2D eigenvalue weighted by atomic mass is 16.1. The Morgan fingerprint density at radius 1 is 1.06 bits per heavy atom. The number of hydrogen-bond donors (Lipinski definition) is 1. The number of Topliss-reactive ketones (excluding diaryl/α,β-unsaturated/α-hetero) is 1. The van der Waals surface area contributed by atoms with Crippen molar-refractivity contribution in [2.24, 2.45) is 28.9 Å². The van der Waals surface area contributed by atoms with Gasteiger partial charge in [0.25, 0.3) is 0 Å². The Bertz CT molecular complexity index is 291. The van der Waals surface area contributed by atoms with Crippen molar-refractivity contribution in [2.45, 2.75) is 57.9 Å². The summed E-state index contributed by atoms with van der Waals surface area (Å²) in [7, 11) is 0. The van der Waals surface area contributed by atoms with Gasteiger partial charge in [-0.15, -0.1) is 0 Å². The molecule has 4 fully saturated rings. The van der Waals surface area contributed by atoms with Gasteiger partial charge in [-0.2, -0.15) is 0 Å². The van der Waals surface area contributed by atoms with Crippen LogP contribution in [0.2, 0.25) is 0 Å². The van der Waals surface area contributed by atoms with Crippen LogP contribution in [0.3, 0.4) is 0 Å². The highest BCUT2D eigenvalue weighted by molar-refractivity contribution is 5.93. The third-order valence-corrected chi connectivity index (χ3v) is 5.11. The maximum atomic E-state index is 12.6. The van der Waals surface area contributed by atoms with Crippen LogP contribution in [-0.4, -0.2) is 11.3 Å². The topological polar surface area (TPSA) is 43.1 Å². The fourth-order valence-corrected chi connectivity index (χ4v) is 5.07. The van der Waals surface area contributed by atoms with Crippen LogP contribution in [0.15, 0.2) is 0 Å². The number of nitrogens with two attached hydrogens (primary N) is 1. The first-order valence-electron chi connectivity index (χ1n) is 6.73. The Kier molecular flexibility index (Phi) is 2.08. The van der Waals surface area contributed by atoms with Gasteiger partial charge >= 0.3 is 0 Å². The third-order valence-electron chi connectivity index (χ3n) is 5.11. The standard InChI is InChI=1S/C14H23NO/c1-13(2,15)12(16)14-6-9-3-10(7-14)5-11(4-9)8-14/h9-11H,3-8,15H2,1-2H3. The van der Waals surface area contributed by atoms with Crippen LogP contribution >= 0.6 is 0 Å². The molecule has 0 atom stereocenters. The van der Waals surface area contributed by atoms with E-state index in [0.29, 0.717) is 5.78 Å². The minimum absolute atomic E-state index is 0.0208. The summed E-state index contributed by atoms with van der Waals surface area (Å²) >= 11 is 0. The lowest BCUT2D eigenvalue weighted by atomic mass is 9.47. The molecule has 0 spiro atoms. The zero-order valence-corrected chi connectivity index (χ0v) is 10.5. The van der Waals surface area contributed by atoms with Gasteiger partial charge in [0, 0.05) is 5.41 Å². The van der Waals surface area contributed by atoms with E-state index in [-0.39, 0.29) is 5.41 Å². The maximum absolute atomic E-state index is 12.6. The van der Waals surface area contributed by atoms with Crippen LogP contribution in [0.1, 0.15) is 52.4 Å². The lowest BCUT2D eigenvalue weighted by molar-refractivity contribution is -0.148. The summed E-state index contributed by atoms with van der Waals surface area (Å²) in [5.41, 5.74) is 5.40. The summed E-state index contributed by atoms with van der Waals surface area (Å²) in [5, 5.41) is 0. The second-order valence-electron chi connectivity index (χ2n) is 7.25. The maximum Gasteiger partial charge on any atom is 0.158 e. The van der Waals surface area contributed by atoms with E-state index >= 15 is 0 Å². The van der Waals surface area contributed by atoms with Crippen LogP contribution < -0.4 is 5.73 Å². The molecular weight excluding hydrogens is 198 g/mol. The SMILES string of the molecule is CC(C)(N)C(=O)C12CC3CC(CC(C3)C1)C2. The average Bonchev–Trinajstić information content (AvgIpc) is 2.12. The number of hydrogen-bond acceptors (Lipinski definition) is 2. The average molecular weight is 221 g/mol. The van der Waals surface area contributed by atoms with Gasteiger partial charge in [0.05, 0.1) is 5.54 Å². The molecule has 16 heavy (non-hydrogen) atoms. The van der Waals surface area contributed by atoms with Crippen molar-refractivity contribution in [3.05, 3.63) is 0 Å². The Hall–Kier alpha value is -0.370. The van der Waals surface area contributed by atoms with Crippen LogP contribution in [0.4, 0.5) is 0 Å². The molecule has 0 unspecified atom stereocenters. The first-order chi connectivity index (χ1) is 7.39. The fraction of sp³-hybridized carbons (Fsp3) is 0.929. The van der Waals surface area contributed by atoms with Gasteiger partial charge in [-0.1, -0.05) is 0 Å². The Morgan fingerprint density at radius 3 is 1.75 bits per heavy atom. The summed E-state index contributed by atoms with van der Waals surface area (Å²) in [5.74, 6) is 2.84. The van der Waals surface area contributed by atoms with Crippen molar-refractivity contribution < 1.29 is 4.79 Å². The monoisotopic (exact) mass is 221 g/mol. The van der Waals surface area contributed by atoms with Crippen molar-refractivity contribution in [2.75, 3.05) is 0 Å². The highest BCUT2D eigenvalue weighted by Gasteiger charge is 2.56. The molecule has 0 amide bonds. The van der Waals surface area contributed by atoms with Gasteiger partial charge in [0.15, 0.2) is 5.78 Å². The molecule has 2 heteroatoms. The number of ketones is 1. The molecule has 0 aromatic carbocycles. The van der Waals surface area contributed by atoms with E-state index in [1.807, 2.05) is 13.8 Å². The smallest absolute Gasteiger partial charge is 0.158 e. The van der Waals surface area contributed by atoms with Crippen LogP contribution in [0, 0.1) is 23.2 Å². The first-order valence-corrected chi connectivity index (χ1v) is 6.73. The number of carbonyl (C=O) groups is 1. The zero-order valence-electron chi connectivity index (χ0n) is 10.5. The van der Waals surface area contributed by atoms with Crippen molar-refractivity contribution in [3.8, 4) is 0 Å². The van der Waals surface area contributed by atoms with E-state index in [9.17, 15) is 4.79 Å². The molecule has 4 bridgehead atoms. The molecule has 2 nitrogen and oxygen atoms in total. The summed E-state index contributed by atoms with van der Waals surface area (Å²) < 4.78 is 0. The predicted octanol–water partition coefficient (Wildman–Crippen LogP) is 2.51. The largest absolute Gasteiger partial charge is 0.319 e. The van der Waals surface area contributed by atoms with Crippen LogP contribution in [0.5, 0.6) is 0 Å².